The summed E-state index contributed by atoms with van der Waals surface area (Å²) in [5.41, 5.74) is 2.31. The Morgan fingerprint density at radius 2 is 1.94 bits per heavy atom. The summed E-state index contributed by atoms with van der Waals surface area (Å²) in [6, 6.07) is 11.5. The van der Waals surface area contributed by atoms with E-state index in [-0.39, 0.29) is 13.2 Å². The summed E-state index contributed by atoms with van der Waals surface area (Å²) in [4.78, 5) is 25.1. The molecule has 0 saturated heterocycles. The molecule has 1 heterocycles. The number of nitrogens with one attached hydrogen (secondary N) is 2. The van der Waals surface area contributed by atoms with E-state index in [0.717, 1.165) is 5.56 Å². The molecule has 0 fully saturated rings. The number of rotatable bonds is 8. The maximum absolute atomic E-state index is 12.8. The lowest BCUT2D eigenvalue weighted by Crippen LogP contribution is -2.46. The fraction of sp³-hybridized carbons (Fsp3) is 0.304. The zero-order chi connectivity index (χ0) is 22.4. The summed E-state index contributed by atoms with van der Waals surface area (Å²) >= 11 is 6.08. The van der Waals surface area contributed by atoms with E-state index in [0.29, 0.717) is 39.8 Å². The summed E-state index contributed by atoms with van der Waals surface area (Å²) < 4.78 is 16.9. The molecule has 0 radical (unpaired) electrons. The van der Waals surface area contributed by atoms with Crippen LogP contribution < -0.4 is 20.1 Å². The molecule has 2 N–H and O–H groups in total. The fourth-order valence-corrected chi connectivity index (χ4v) is 3.65. The second kappa shape index (κ2) is 10.2. The van der Waals surface area contributed by atoms with Gasteiger partial charge in [0.15, 0.2) is 11.5 Å². The van der Waals surface area contributed by atoms with Gasteiger partial charge in [0.2, 0.25) is 0 Å². The molecule has 2 aromatic rings. The number of hydrogen-bond donors (Lipinski definition) is 2. The van der Waals surface area contributed by atoms with Crippen molar-refractivity contribution in [2.75, 3.05) is 13.7 Å². The number of esters is 1. The number of carbonyl (C=O) groups is 2. The molecule has 1 atom stereocenters. The summed E-state index contributed by atoms with van der Waals surface area (Å²) in [6.07, 6.45) is 0.459. The van der Waals surface area contributed by atoms with E-state index in [1.165, 1.54) is 7.11 Å². The van der Waals surface area contributed by atoms with Crippen LogP contribution in [0.25, 0.3) is 0 Å². The molecule has 1 unspecified atom stereocenters. The van der Waals surface area contributed by atoms with Crippen LogP contribution in [0.15, 0.2) is 53.7 Å². The minimum atomic E-state index is -0.757. The summed E-state index contributed by atoms with van der Waals surface area (Å²) in [7, 11) is 1.53. The quantitative estimate of drug-likeness (QED) is 0.585. The van der Waals surface area contributed by atoms with Gasteiger partial charge < -0.3 is 24.8 Å². The molecule has 1 aliphatic heterocycles. The Hall–Kier alpha value is -3.19. The lowest BCUT2D eigenvalue weighted by molar-refractivity contribution is -0.139. The van der Waals surface area contributed by atoms with Crippen molar-refractivity contribution >= 4 is 23.6 Å². The van der Waals surface area contributed by atoms with E-state index in [1.54, 1.807) is 31.2 Å². The van der Waals surface area contributed by atoms with Crippen molar-refractivity contribution in [1.82, 2.24) is 10.6 Å². The predicted octanol–water partition coefficient (Wildman–Crippen LogP) is 4.51. The van der Waals surface area contributed by atoms with E-state index < -0.39 is 18.0 Å². The number of amides is 2. The van der Waals surface area contributed by atoms with Gasteiger partial charge in [0.25, 0.3) is 0 Å². The van der Waals surface area contributed by atoms with Gasteiger partial charge in [0.05, 0.1) is 25.3 Å². The second-order valence-electron chi connectivity index (χ2n) is 6.79. The molecule has 0 aliphatic carbocycles. The highest BCUT2D eigenvalue weighted by Gasteiger charge is 2.35. The minimum absolute atomic E-state index is 0.218. The monoisotopic (exact) mass is 444 g/mol. The number of carbonyl (C=O) groups excluding carboxylic acids is 2. The van der Waals surface area contributed by atoms with Crippen molar-refractivity contribution in [3.8, 4) is 11.5 Å². The molecule has 0 spiro atoms. The number of methoxy groups -OCH3 is 1. The first-order valence-electron chi connectivity index (χ1n) is 10.00. The number of hydrogen-bond acceptors (Lipinski definition) is 5. The van der Waals surface area contributed by atoms with Gasteiger partial charge in [-0.2, -0.15) is 0 Å². The van der Waals surface area contributed by atoms with Gasteiger partial charge in [-0.15, -0.1) is 0 Å². The largest absolute Gasteiger partial charge is 0.493 e. The molecule has 3 rings (SSSR count). The molecule has 31 heavy (non-hydrogen) atoms. The molecule has 1 aliphatic rings. The lowest BCUT2D eigenvalue weighted by Gasteiger charge is -2.30. The highest BCUT2D eigenvalue weighted by molar-refractivity contribution is 6.30. The Kier molecular flexibility index (Phi) is 7.41. The molecular weight excluding hydrogens is 420 g/mol. The zero-order valence-corrected chi connectivity index (χ0v) is 18.4. The van der Waals surface area contributed by atoms with Gasteiger partial charge in [0, 0.05) is 16.3 Å². The van der Waals surface area contributed by atoms with Crippen LogP contribution >= 0.6 is 11.6 Å². The van der Waals surface area contributed by atoms with Crippen molar-refractivity contribution in [3.05, 3.63) is 69.9 Å². The van der Waals surface area contributed by atoms with Gasteiger partial charge in [-0.25, -0.2) is 9.59 Å². The van der Waals surface area contributed by atoms with Crippen LogP contribution in [0.2, 0.25) is 5.02 Å². The third kappa shape index (κ3) is 5.11. The molecule has 2 amide bonds. The predicted molar refractivity (Wildman–Crippen MR) is 117 cm³/mol. The summed E-state index contributed by atoms with van der Waals surface area (Å²) in [6.45, 7) is 4.04. The maximum atomic E-state index is 12.8. The zero-order valence-electron chi connectivity index (χ0n) is 17.7. The third-order valence-electron chi connectivity index (χ3n) is 4.82. The standard InChI is InChI=1S/C23H25ClN2O5/c1-4-17-19(22(27)30-5-2)20(26-23(28)25-17)16-10-7-11-18(29-3)21(16)31-13-14-8-6-9-15(24)12-14/h6-12,20H,4-5,13H2,1-3H3,(H2,25,26,28). The number of halogens is 1. The number of allylic oxidation sites excluding steroid dienone is 1. The van der Waals surface area contributed by atoms with Gasteiger partial charge in [-0.3, -0.25) is 0 Å². The molecule has 0 saturated carbocycles. The first-order chi connectivity index (χ1) is 15.0. The molecular formula is C23H25ClN2O5. The Morgan fingerprint density at radius 1 is 1.16 bits per heavy atom. The van der Waals surface area contributed by atoms with Crippen LogP contribution in [0, 0.1) is 0 Å². The highest BCUT2D eigenvalue weighted by Crippen LogP contribution is 2.40. The van der Waals surface area contributed by atoms with Crippen LogP contribution in [0.4, 0.5) is 4.79 Å². The highest BCUT2D eigenvalue weighted by atomic mass is 35.5. The van der Waals surface area contributed by atoms with Crippen LogP contribution in [-0.4, -0.2) is 25.7 Å². The fourth-order valence-electron chi connectivity index (χ4n) is 3.44. The number of ether oxygens (including phenoxy) is 3. The third-order valence-corrected chi connectivity index (χ3v) is 5.05. The van der Waals surface area contributed by atoms with Crippen LogP contribution in [0.3, 0.4) is 0 Å². The lowest BCUT2D eigenvalue weighted by atomic mass is 9.93. The van der Waals surface area contributed by atoms with Gasteiger partial charge >= 0.3 is 12.0 Å². The smallest absolute Gasteiger partial charge is 0.338 e. The topological polar surface area (TPSA) is 85.9 Å². The number of urea groups is 1. The Bertz CT molecular complexity index is 1010. The normalized spacial score (nSPS) is 15.7. The maximum Gasteiger partial charge on any atom is 0.338 e. The van der Waals surface area contributed by atoms with Crippen molar-refractivity contribution < 1.29 is 23.8 Å². The van der Waals surface area contributed by atoms with Crippen molar-refractivity contribution in [2.45, 2.75) is 32.9 Å². The average molecular weight is 445 g/mol. The molecule has 8 heteroatoms. The molecule has 7 nitrogen and oxygen atoms in total. The number of para-hydroxylation sites is 1. The average Bonchev–Trinajstić information content (AvgIpc) is 2.76. The van der Waals surface area contributed by atoms with Crippen molar-refractivity contribution in [2.24, 2.45) is 0 Å². The first-order valence-corrected chi connectivity index (χ1v) is 10.4. The van der Waals surface area contributed by atoms with Crippen molar-refractivity contribution in [1.29, 1.82) is 0 Å². The molecule has 164 valence electrons. The summed E-state index contributed by atoms with van der Waals surface area (Å²) in [5, 5.41) is 6.13. The van der Waals surface area contributed by atoms with E-state index >= 15 is 0 Å². The van der Waals surface area contributed by atoms with E-state index in [4.69, 9.17) is 25.8 Å². The second-order valence-corrected chi connectivity index (χ2v) is 7.23. The molecule has 2 aromatic carbocycles. The van der Waals surface area contributed by atoms with Gasteiger partial charge in [0.1, 0.15) is 6.61 Å². The Morgan fingerprint density at radius 3 is 2.61 bits per heavy atom. The minimum Gasteiger partial charge on any atom is -0.493 e. The summed E-state index contributed by atoms with van der Waals surface area (Å²) in [5.74, 6) is 0.406. The Labute approximate surface area is 186 Å². The molecule has 0 bridgehead atoms. The van der Waals surface area contributed by atoms with E-state index in [9.17, 15) is 9.59 Å². The van der Waals surface area contributed by atoms with Gasteiger partial charge in [-0.1, -0.05) is 42.8 Å². The van der Waals surface area contributed by atoms with Crippen LogP contribution in [0.5, 0.6) is 11.5 Å². The van der Waals surface area contributed by atoms with Crippen LogP contribution in [0.1, 0.15) is 37.4 Å². The van der Waals surface area contributed by atoms with E-state index in [1.807, 2.05) is 25.1 Å². The first kappa shape index (κ1) is 22.5. The Balaban J connectivity index is 2.05. The van der Waals surface area contributed by atoms with E-state index in [2.05, 4.69) is 10.6 Å². The molecule has 0 aromatic heterocycles. The SMILES string of the molecule is CCOC(=O)C1=C(CC)NC(=O)NC1c1cccc(OC)c1OCc1cccc(Cl)c1. The van der Waals surface area contributed by atoms with Crippen molar-refractivity contribution in [3.63, 3.8) is 0 Å². The number of benzene rings is 2. The van der Waals surface area contributed by atoms with Gasteiger partial charge in [-0.05, 0) is 37.1 Å². The van der Waals surface area contributed by atoms with Crippen LogP contribution in [-0.2, 0) is 16.1 Å².